The van der Waals surface area contributed by atoms with E-state index < -0.39 is 0 Å². The lowest BCUT2D eigenvalue weighted by Crippen LogP contribution is -2.36. The second-order valence-corrected chi connectivity index (χ2v) is 9.09. The number of rotatable bonds is 19. The molecule has 1 aromatic rings. The Morgan fingerprint density at radius 2 is 1.11 bits per heavy atom. The lowest BCUT2D eigenvalue weighted by Gasteiger charge is -2.07. The van der Waals surface area contributed by atoms with Crippen LogP contribution in [0.5, 0.6) is 0 Å². The first-order valence-corrected chi connectivity index (χ1v) is 12.8. The van der Waals surface area contributed by atoms with Gasteiger partial charge in [0.15, 0.2) is 0 Å². The molecule has 0 spiro atoms. The van der Waals surface area contributed by atoms with Gasteiger partial charge in [0.2, 0.25) is 0 Å². The Labute approximate surface area is 177 Å². The molecule has 0 bridgehead atoms. The van der Waals surface area contributed by atoms with Crippen LogP contribution in [0.1, 0.15) is 142 Å². The van der Waals surface area contributed by atoms with Crippen molar-refractivity contribution in [3.8, 4) is 0 Å². The molecule has 0 aliphatic rings. The number of nitrogens with zero attached hydrogens (tertiary/aromatic N) is 2. The van der Waals surface area contributed by atoms with Gasteiger partial charge in [-0.05, 0) is 19.8 Å². The average molecular weight is 392 g/mol. The fourth-order valence-corrected chi connectivity index (χ4v) is 4.43. The summed E-state index contributed by atoms with van der Waals surface area (Å²) in [5.41, 5.74) is 0. The van der Waals surface area contributed by atoms with Crippen LogP contribution in [-0.4, -0.2) is 4.57 Å². The number of hydrogen-bond donors (Lipinski definition) is 0. The number of hydrogen-bond acceptors (Lipinski definition) is 0. The quantitative estimate of drug-likeness (QED) is 0.166. The first-order valence-electron chi connectivity index (χ1n) is 12.8. The summed E-state index contributed by atoms with van der Waals surface area (Å²) < 4.78 is 4.88. The Bertz CT molecular complexity index is 461. The summed E-state index contributed by atoms with van der Waals surface area (Å²) >= 11 is 0. The second-order valence-electron chi connectivity index (χ2n) is 9.09. The molecule has 0 saturated carbocycles. The van der Waals surface area contributed by atoms with Crippen LogP contribution in [-0.2, 0) is 13.1 Å². The summed E-state index contributed by atoms with van der Waals surface area (Å²) in [5, 5.41) is 0. The van der Waals surface area contributed by atoms with E-state index in [2.05, 4.69) is 49.2 Å². The van der Waals surface area contributed by atoms with Gasteiger partial charge in [-0.25, -0.2) is 9.13 Å². The standard InChI is InChI=1S/C26H51N2/c1-5-7-8-9-10-11-12-13-14-15-16-17-18-19-20-21-22-28-24-23-27(6-2)26(28)25(3)4/h23-25H,5-22H2,1-4H3/q+1. The lowest BCUT2D eigenvalue weighted by atomic mass is 10.0. The van der Waals surface area contributed by atoms with Crippen LogP contribution in [0.25, 0.3) is 0 Å². The molecule has 0 N–H and O–H groups in total. The summed E-state index contributed by atoms with van der Waals surface area (Å²) in [5.74, 6) is 2.10. The van der Waals surface area contributed by atoms with Crippen LogP contribution in [0.3, 0.4) is 0 Å². The van der Waals surface area contributed by atoms with Crippen molar-refractivity contribution in [3.05, 3.63) is 18.2 Å². The fourth-order valence-electron chi connectivity index (χ4n) is 4.43. The Morgan fingerprint density at radius 1 is 0.679 bits per heavy atom. The van der Waals surface area contributed by atoms with Crippen LogP contribution in [0, 0.1) is 0 Å². The van der Waals surface area contributed by atoms with Gasteiger partial charge in [0.25, 0.3) is 5.82 Å². The van der Waals surface area contributed by atoms with Crippen molar-refractivity contribution in [2.24, 2.45) is 0 Å². The van der Waals surface area contributed by atoms with Crippen molar-refractivity contribution in [2.45, 2.75) is 149 Å². The minimum Gasteiger partial charge on any atom is -0.234 e. The molecule has 0 unspecified atom stereocenters. The van der Waals surface area contributed by atoms with Gasteiger partial charge in [-0.3, -0.25) is 0 Å². The zero-order chi connectivity index (χ0) is 20.5. The molecule has 2 nitrogen and oxygen atoms in total. The van der Waals surface area contributed by atoms with Crippen molar-refractivity contribution in [1.29, 1.82) is 0 Å². The highest BCUT2D eigenvalue weighted by Gasteiger charge is 2.18. The molecule has 0 radical (unpaired) electrons. The number of aromatic nitrogens is 2. The highest BCUT2D eigenvalue weighted by atomic mass is 15.1. The number of aryl methyl sites for hydroxylation is 2. The van der Waals surface area contributed by atoms with E-state index in [1.165, 1.54) is 115 Å². The van der Waals surface area contributed by atoms with Gasteiger partial charge >= 0.3 is 0 Å². The van der Waals surface area contributed by atoms with E-state index in [0.29, 0.717) is 5.92 Å². The van der Waals surface area contributed by atoms with Gasteiger partial charge in [0.05, 0.1) is 19.0 Å². The monoisotopic (exact) mass is 391 g/mol. The minimum atomic E-state index is 0.607. The smallest absolute Gasteiger partial charge is 0.234 e. The van der Waals surface area contributed by atoms with E-state index in [4.69, 9.17) is 0 Å². The van der Waals surface area contributed by atoms with Gasteiger partial charge < -0.3 is 0 Å². The van der Waals surface area contributed by atoms with E-state index in [1.807, 2.05) is 0 Å². The number of unbranched alkanes of at least 4 members (excludes halogenated alkanes) is 15. The predicted octanol–water partition coefficient (Wildman–Crippen LogP) is 8.18. The third-order valence-electron chi connectivity index (χ3n) is 6.12. The molecule has 0 fully saturated rings. The Balaban J connectivity index is 1.89. The van der Waals surface area contributed by atoms with Crippen LogP contribution in [0.2, 0.25) is 0 Å². The number of imidazole rings is 1. The summed E-state index contributed by atoms with van der Waals surface area (Å²) in [4.78, 5) is 0. The molecule has 164 valence electrons. The highest BCUT2D eigenvalue weighted by Crippen LogP contribution is 2.15. The molecular weight excluding hydrogens is 340 g/mol. The average Bonchev–Trinajstić information content (AvgIpc) is 3.11. The lowest BCUT2D eigenvalue weighted by molar-refractivity contribution is -0.701. The minimum absolute atomic E-state index is 0.607. The zero-order valence-corrected chi connectivity index (χ0v) is 19.9. The van der Waals surface area contributed by atoms with Gasteiger partial charge in [0, 0.05) is 0 Å². The zero-order valence-electron chi connectivity index (χ0n) is 19.9. The Hall–Kier alpha value is -0.790. The summed E-state index contributed by atoms with van der Waals surface area (Å²) in [6, 6.07) is 0. The van der Waals surface area contributed by atoms with E-state index in [0.717, 1.165) is 6.54 Å². The molecule has 0 saturated heterocycles. The molecule has 1 rings (SSSR count). The van der Waals surface area contributed by atoms with E-state index in [1.54, 1.807) is 0 Å². The van der Waals surface area contributed by atoms with Crippen LogP contribution in [0.15, 0.2) is 12.4 Å². The molecule has 1 heterocycles. The van der Waals surface area contributed by atoms with Gasteiger partial charge in [-0.1, -0.05) is 111 Å². The van der Waals surface area contributed by atoms with Crippen LogP contribution >= 0.6 is 0 Å². The maximum absolute atomic E-state index is 2.48. The molecule has 0 atom stereocenters. The molecule has 0 aliphatic carbocycles. The molecule has 2 heteroatoms. The van der Waals surface area contributed by atoms with E-state index in [9.17, 15) is 0 Å². The van der Waals surface area contributed by atoms with Crippen LogP contribution in [0.4, 0.5) is 0 Å². The highest BCUT2D eigenvalue weighted by molar-refractivity contribution is 4.89. The molecule has 0 aliphatic heterocycles. The molecular formula is C26H51N2+. The van der Waals surface area contributed by atoms with E-state index >= 15 is 0 Å². The topological polar surface area (TPSA) is 8.81 Å². The maximum atomic E-state index is 2.48. The SMILES string of the molecule is CCCCCCCCCCCCCCCCCCn1cc[n+](CC)c1C(C)C. The van der Waals surface area contributed by atoms with E-state index in [-0.39, 0.29) is 0 Å². The fraction of sp³-hybridized carbons (Fsp3) is 0.885. The largest absolute Gasteiger partial charge is 0.258 e. The Morgan fingerprint density at radius 3 is 1.50 bits per heavy atom. The maximum Gasteiger partial charge on any atom is 0.258 e. The predicted molar refractivity (Wildman–Crippen MR) is 124 cm³/mol. The van der Waals surface area contributed by atoms with Gasteiger partial charge in [-0.2, -0.15) is 0 Å². The molecule has 0 aromatic carbocycles. The first kappa shape index (κ1) is 25.2. The Kier molecular flexibility index (Phi) is 15.4. The second kappa shape index (κ2) is 17.1. The third kappa shape index (κ3) is 11.3. The van der Waals surface area contributed by atoms with Gasteiger partial charge in [0.1, 0.15) is 12.4 Å². The van der Waals surface area contributed by atoms with Crippen molar-refractivity contribution < 1.29 is 4.57 Å². The van der Waals surface area contributed by atoms with Gasteiger partial charge in [-0.15, -0.1) is 0 Å². The van der Waals surface area contributed by atoms with Crippen molar-refractivity contribution in [1.82, 2.24) is 4.57 Å². The van der Waals surface area contributed by atoms with Crippen molar-refractivity contribution in [2.75, 3.05) is 0 Å². The summed E-state index contributed by atoms with van der Waals surface area (Å²) in [7, 11) is 0. The molecule has 1 aromatic heterocycles. The first-order chi connectivity index (χ1) is 13.7. The molecule has 28 heavy (non-hydrogen) atoms. The summed E-state index contributed by atoms with van der Waals surface area (Å²) in [6.07, 6.45) is 27.6. The third-order valence-corrected chi connectivity index (χ3v) is 6.12. The summed E-state index contributed by atoms with van der Waals surface area (Å²) in [6.45, 7) is 11.4. The van der Waals surface area contributed by atoms with Crippen molar-refractivity contribution >= 4 is 0 Å². The normalized spacial score (nSPS) is 11.6. The van der Waals surface area contributed by atoms with Crippen LogP contribution < -0.4 is 4.57 Å². The molecule has 0 amide bonds. The van der Waals surface area contributed by atoms with Crippen molar-refractivity contribution in [3.63, 3.8) is 0 Å².